The molecule has 1 nitrogen and oxygen atoms in total. The van der Waals surface area contributed by atoms with Crippen LogP contribution in [0.25, 0.3) is 10.8 Å². The molecule has 2 heterocycles. The maximum Gasteiger partial charge on any atom is 0.185 e. The first-order chi connectivity index (χ1) is 11.1. The van der Waals surface area contributed by atoms with Gasteiger partial charge in [0.25, 0.3) is 0 Å². The van der Waals surface area contributed by atoms with E-state index in [1.165, 1.54) is 30.2 Å². The van der Waals surface area contributed by atoms with Crippen molar-refractivity contribution in [2.45, 2.75) is 51.3 Å². The molecule has 0 unspecified atom stereocenters. The Hall–Kier alpha value is -1.28. The summed E-state index contributed by atoms with van der Waals surface area (Å²) < 4.78 is 0. The Morgan fingerprint density at radius 3 is 2.70 bits per heavy atom. The highest BCUT2D eigenvalue weighted by Gasteiger charge is 2.47. The van der Waals surface area contributed by atoms with Gasteiger partial charge in [0.2, 0.25) is 0 Å². The summed E-state index contributed by atoms with van der Waals surface area (Å²) in [5, 5.41) is 2.90. The van der Waals surface area contributed by atoms with Crippen LogP contribution >= 0.6 is 0 Å². The molecule has 2 heteroatoms. The largest absolute Gasteiger partial charge is 0.304 e. The lowest BCUT2D eigenvalue weighted by Crippen LogP contribution is -2.59. The lowest BCUT2D eigenvalue weighted by molar-refractivity contribution is 0.192. The van der Waals surface area contributed by atoms with Crippen LogP contribution in [0.5, 0.6) is 0 Å². The van der Waals surface area contributed by atoms with E-state index in [4.69, 9.17) is 0 Å². The van der Waals surface area contributed by atoms with Gasteiger partial charge in [0.1, 0.15) is 0 Å². The predicted molar refractivity (Wildman–Crippen MR) is 102 cm³/mol. The molecule has 0 amide bonds. The molecule has 0 bridgehead atoms. The van der Waals surface area contributed by atoms with E-state index in [0.29, 0.717) is 0 Å². The number of benzene rings is 2. The van der Waals surface area contributed by atoms with Crippen LogP contribution in [0.1, 0.15) is 32.8 Å². The number of rotatable bonds is 1. The zero-order valence-electron chi connectivity index (χ0n) is 14.9. The van der Waals surface area contributed by atoms with Crippen molar-refractivity contribution < 1.29 is 0 Å². The maximum absolute atomic E-state index is 2.63. The van der Waals surface area contributed by atoms with Gasteiger partial charge >= 0.3 is 0 Å². The second kappa shape index (κ2) is 5.67. The van der Waals surface area contributed by atoms with Crippen LogP contribution in [0.2, 0.25) is 11.6 Å². The van der Waals surface area contributed by atoms with Crippen molar-refractivity contribution in [2.75, 3.05) is 13.6 Å². The van der Waals surface area contributed by atoms with Crippen molar-refractivity contribution in [3.05, 3.63) is 42.0 Å². The van der Waals surface area contributed by atoms with E-state index >= 15 is 0 Å². The van der Waals surface area contributed by atoms with Gasteiger partial charge in [-0.1, -0.05) is 62.6 Å². The van der Waals surface area contributed by atoms with Crippen LogP contribution < -0.4 is 5.46 Å². The molecule has 4 atom stereocenters. The highest BCUT2D eigenvalue weighted by atomic mass is 15.1. The molecular weight excluding hydrogens is 277 g/mol. The topological polar surface area (TPSA) is 3.24 Å². The average Bonchev–Trinajstić information content (AvgIpc) is 2.55. The fraction of sp³-hybridized carbons (Fsp3) is 0.524. The monoisotopic (exact) mass is 305 g/mol. The SMILES string of the molecule is CC[C@H]1[C@@H](C)B2c3ccc4ccccc4c3C[C@@H](C)[C@H]2CN1C. The molecule has 0 spiro atoms. The van der Waals surface area contributed by atoms with Gasteiger partial charge in [0, 0.05) is 6.04 Å². The summed E-state index contributed by atoms with van der Waals surface area (Å²) in [6.07, 6.45) is 2.51. The van der Waals surface area contributed by atoms with E-state index < -0.39 is 0 Å². The van der Waals surface area contributed by atoms with E-state index in [2.05, 4.69) is 69.1 Å². The molecule has 2 aliphatic rings. The van der Waals surface area contributed by atoms with Crippen molar-refractivity contribution in [1.82, 2.24) is 4.90 Å². The first kappa shape index (κ1) is 15.3. The molecule has 2 aromatic carbocycles. The molecule has 0 radical (unpaired) electrons. The Morgan fingerprint density at radius 2 is 1.91 bits per heavy atom. The molecule has 1 saturated heterocycles. The second-order valence-corrected chi connectivity index (χ2v) is 8.00. The van der Waals surface area contributed by atoms with Crippen LogP contribution in [-0.4, -0.2) is 31.2 Å². The maximum atomic E-state index is 2.63. The summed E-state index contributed by atoms with van der Waals surface area (Å²) in [5.74, 6) is 2.33. The quantitative estimate of drug-likeness (QED) is 0.713. The van der Waals surface area contributed by atoms with Crippen LogP contribution in [0, 0.1) is 5.92 Å². The van der Waals surface area contributed by atoms with Crippen LogP contribution in [0.15, 0.2) is 36.4 Å². The van der Waals surface area contributed by atoms with Crippen molar-refractivity contribution in [2.24, 2.45) is 5.92 Å². The molecule has 1 fully saturated rings. The van der Waals surface area contributed by atoms with Crippen LogP contribution in [0.4, 0.5) is 0 Å². The Bertz CT molecular complexity index is 725. The van der Waals surface area contributed by atoms with Gasteiger partial charge in [-0.15, -0.1) is 0 Å². The van der Waals surface area contributed by atoms with E-state index in [9.17, 15) is 0 Å². The third kappa shape index (κ3) is 2.26. The summed E-state index contributed by atoms with van der Waals surface area (Å²) in [4.78, 5) is 2.63. The van der Waals surface area contributed by atoms with Gasteiger partial charge in [0.05, 0.1) is 0 Å². The van der Waals surface area contributed by atoms with Crippen molar-refractivity contribution in [3.8, 4) is 0 Å². The minimum absolute atomic E-state index is 0.723. The lowest BCUT2D eigenvalue weighted by atomic mass is 9.24. The van der Waals surface area contributed by atoms with E-state index in [0.717, 1.165) is 30.3 Å². The van der Waals surface area contributed by atoms with Gasteiger partial charge in [0.15, 0.2) is 6.71 Å². The molecule has 0 N–H and O–H groups in total. The molecule has 4 rings (SSSR count). The smallest absolute Gasteiger partial charge is 0.185 e. The number of nitrogens with zero attached hydrogens (tertiary/aromatic N) is 1. The van der Waals surface area contributed by atoms with Crippen molar-refractivity contribution >= 4 is 22.9 Å². The normalized spacial score (nSPS) is 31.0. The van der Waals surface area contributed by atoms with Crippen LogP contribution in [0.3, 0.4) is 0 Å². The molecular formula is C21H28BN. The highest BCUT2D eigenvalue weighted by Crippen LogP contribution is 2.43. The Labute approximate surface area is 141 Å². The molecule has 2 aromatic rings. The molecule has 2 aliphatic heterocycles. The van der Waals surface area contributed by atoms with Gasteiger partial charge < -0.3 is 4.90 Å². The minimum Gasteiger partial charge on any atom is -0.304 e. The molecule has 23 heavy (non-hydrogen) atoms. The van der Waals surface area contributed by atoms with Gasteiger partial charge in [-0.25, -0.2) is 0 Å². The Balaban J connectivity index is 1.87. The van der Waals surface area contributed by atoms with E-state index in [1.807, 2.05) is 0 Å². The van der Waals surface area contributed by atoms with Gasteiger partial charge in [-0.2, -0.15) is 0 Å². The summed E-state index contributed by atoms with van der Waals surface area (Å²) in [6, 6.07) is 14.5. The predicted octanol–water partition coefficient (Wildman–Crippen LogP) is 4.22. The van der Waals surface area contributed by atoms with E-state index in [-0.39, 0.29) is 0 Å². The first-order valence-corrected chi connectivity index (χ1v) is 9.32. The Morgan fingerprint density at radius 1 is 1.13 bits per heavy atom. The van der Waals surface area contributed by atoms with Crippen molar-refractivity contribution in [1.29, 1.82) is 0 Å². The van der Waals surface area contributed by atoms with Gasteiger partial charge in [-0.05, 0) is 60.3 Å². The molecule has 0 aliphatic carbocycles. The lowest BCUT2D eigenvalue weighted by Gasteiger charge is -2.50. The number of hydrogen-bond donors (Lipinski definition) is 0. The zero-order valence-corrected chi connectivity index (χ0v) is 14.9. The summed E-state index contributed by atoms with van der Waals surface area (Å²) in [5.41, 5.74) is 3.30. The Kier molecular flexibility index (Phi) is 3.76. The highest BCUT2D eigenvalue weighted by molar-refractivity contribution is 6.77. The first-order valence-electron chi connectivity index (χ1n) is 9.32. The fourth-order valence-corrected chi connectivity index (χ4v) is 5.71. The number of hydrogen-bond acceptors (Lipinski definition) is 1. The minimum atomic E-state index is 0.723. The zero-order chi connectivity index (χ0) is 16.1. The van der Waals surface area contributed by atoms with Gasteiger partial charge in [-0.3, -0.25) is 0 Å². The fourth-order valence-electron chi connectivity index (χ4n) is 5.71. The molecule has 0 aromatic heterocycles. The third-order valence-electron chi connectivity index (χ3n) is 6.81. The second-order valence-electron chi connectivity index (χ2n) is 8.00. The molecule has 120 valence electrons. The molecule has 0 saturated carbocycles. The summed E-state index contributed by atoms with van der Waals surface area (Å²) in [6.45, 7) is 9.33. The summed E-state index contributed by atoms with van der Waals surface area (Å²) in [7, 11) is 2.34. The number of fused-ring (bicyclic) bond motifs is 5. The summed E-state index contributed by atoms with van der Waals surface area (Å²) >= 11 is 0. The average molecular weight is 305 g/mol. The standard InChI is InChI=1S/C21H28BN/c1-5-21-15(3)22-19-11-10-16-8-6-7-9-17(16)18(19)12-14(2)20(22)13-23(21)4/h6-11,14-15,20-21H,5,12-13H2,1-4H3/t14-,15-,20-,21+/m1/s1. The van der Waals surface area contributed by atoms with Crippen LogP contribution in [-0.2, 0) is 6.42 Å². The van der Waals surface area contributed by atoms with Crippen molar-refractivity contribution in [3.63, 3.8) is 0 Å². The third-order valence-corrected chi connectivity index (χ3v) is 6.81. The van der Waals surface area contributed by atoms with E-state index in [1.54, 1.807) is 11.0 Å².